The van der Waals surface area contributed by atoms with Gasteiger partial charge in [0.1, 0.15) is 6.10 Å². The Morgan fingerprint density at radius 1 is 1.31 bits per heavy atom. The molecule has 0 radical (unpaired) electrons. The first-order valence-corrected chi connectivity index (χ1v) is 4.18. The Labute approximate surface area is 119 Å². The summed E-state index contributed by atoms with van der Waals surface area (Å²) in [4.78, 5) is 21.1. The molecule has 16 heavy (non-hydrogen) atoms. The van der Waals surface area contributed by atoms with Crippen molar-refractivity contribution in [2.24, 2.45) is 5.92 Å². The zero-order valence-corrected chi connectivity index (χ0v) is 9.89. The van der Waals surface area contributed by atoms with Gasteiger partial charge in [0.25, 0.3) is 0 Å². The number of aliphatic carboxylic acids is 2. The van der Waals surface area contributed by atoms with Crippen molar-refractivity contribution >= 4 is 11.9 Å². The molecule has 0 aliphatic rings. The van der Waals surface area contributed by atoms with Gasteiger partial charge in [-0.05, 0) is 13.3 Å². The van der Waals surface area contributed by atoms with Gasteiger partial charge < -0.3 is 24.5 Å². The van der Waals surface area contributed by atoms with Crippen molar-refractivity contribution in [1.82, 2.24) is 0 Å². The van der Waals surface area contributed by atoms with E-state index in [-0.39, 0.29) is 50.7 Å². The van der Waals surface area contributed by atoms with Gasteiger partial charge in [-0.15, -0.1) is 6.58 Å². The Morgan fingerprint density at radius 2 is 1.81 bits per heavy atom. The van der Waals surface area contributed by atoms with Crippen molar-refractivity contribution in [3.05, 3.63) is 12.7 Å². The Bertz CT molecular complexity index is 232. The van der Waals surface area contributed by atoms with Crippen LogP contribution in [-0.2, 0) is 14.3 Å². The maximum Gasteiger partial charge on any atom is 1.00 e. The standard InChI is InChI=1S/C9H14O5.2Li/c1-3-5-6(8(10)11)7(9(12)13)14-4-2;;/h3,6-7H,1,4-5H2,2H3,(H,10,11)(H,12,13);;/q;2*+1/p-2/t6-,7?;;/m1../s1. The summed E-state index contributed by atoms with van der Waals surface area (Å²) in [5, 5.41) is 21.1. The van der Waals surface area contributed by atoms with E-state index >= 15 is 0 Å². The molecule has 0 spiro atoms. The second-order valence-corrected chi connectivity index (χ2v) is 2.64. The van der Waals surface area contributed by atoms with Crippen LogP contribution in [0, 0.1) is 5.92 Å². The van der Waals surface area contributed by atoms with E-state index in [4.69, 9.17) is 4.74 Å². The molecule has 1 unspecified atom stereocenters. The monoisotopic (exact) mass is 214 g/mol. The van der Waals surface area contributed by atoms with Crippen molar-refractivity contribution in [3.63, 3.8) is 0 Å². The second-order valence-electron chi connectivity index (χ2n) is 2.64. The molecule has 0 rings (SSSR count). The average molecular weight is 214 g/mol. The number of carboxylic acid groups (broad SMARTS) is 2. The molecule has 80 valence electrons. The molecule has 0 aromatic carbocycles. The number of allylic oxidation sites excluding steroid dienone is 1. The number of hydrogen-bond donors (Lipinski definition) is 0. The number of carbonyl (C=O) groups excluding carboxylic acids is 2. The van der Waals surface area contributed by atoms with E-state index < -0.39 is 24.0 Å². The van der Waals surface area contributed by atoms with Gasteiger partial charge in [-0.25, -0.2) is 0 Å². The van der Waals surface area contributed by atoms with Crippen LogP contribution in [0.2, 0.25) is 0 Å². The first kappa shape index (κ1) is 21.2. The van der Waals surface area contributed by atoms with Crippen LogP contribution < -0.4 is 47.9 Å². The number of ether oxygens (including phenoxy) is 1. The number of carbonyl (C=O) groups is 2. The maximum atomic E-state index is 10.6. The molecule has 0 N–H and O–H groups in total. The molecular formula is C9H12Li2O5. The second kappa shape index (κ2) is 11.3. The third kappa shape index (κ3) is 7.16. The Hall–Kier alpha value is -0.165. The Morgan fingerprint density at radius 3 is 2.06 bits per heavy atom. The van der Waals surface area contributed by atoms with E-state index in [1.165, 1.54) is 6.08 Å². The van der Waals surface area contributed by atoms with Crippen molar-refractivity contribution in [1.29, 1.82) is 0 Å². The molecule has 0 amide bonds. The molecule has 0 fully saturated rings. The predicted molar refractivity (Wildman–Crippen MR) is 43.7 cm³/mol. The van der Waals surface area contributed by atoms with E-state index in [1.54, 1.807) is 6.92 Å². The van der Waals surface area contributed by atoms with Crippen LogP contribution in [-0.4, -0.2) is 24.6 Å². The largest absolute Gasteiger partial charge is 1.00 e. The Kier molecular flexibility index (Phi) is 15.0. The molecule has 0 aliphatic carbocycles. The van der Waals surface area contributed by atoms with Crippen molar-refractivity contribution < 1.29 is 62.3 Å². The zero-order chi connectivity index (χ0) is 11.1. The van der Waals surface area contributed by atoms with Crippen LogP contribution in [0.1, 0.15) is 13.3 Å². The molecule has 0 aromatic heterocycles. The molecule has 0 heterocycles. The third-order valence-corrected chi connectivity index (χ3v) is 1.67. The minimum Gasteiger partial charge on any atom is -0.550 e. The molecular weight excluding hydrogens is 202 g/mol. The van der Waals surface area contributed by atoms with Gasteiger partial charge in [-0.1, -0.05) is 6.08 Å². The smallest absolute Gasteiger partial charge is 0.550 e. The van der Waals surface area contributed by atoms with Gasteiger partial charge in [-0.2, -0.15) is 0 Å². The van der Waals surface area contributed by atoms with E-state index in [9.17, 15) is 19.8 Å². The molecule has 0 saturated heterocycles. The SMILES string of the molecule is C=CC[C@@H](C(=O)[O-])C(OCC)C(=O)[O-].[Li+].[Li+]. The van der Waals surface area contributed by atoms with Gasteiger partial charge in [0.15, 0.2) is 0 Å². The topological polar surface area (TPSA) is 89.5 Å². The van der Waals surface area contributed by atoms with Crippen LogP contribution in [0.25, 0.3) is 0 Å². The van der Waals surface area contributed by atoms with Gasteiger partial charge in [0, 0.05) is 18.5 Å². The fraction of sp³-hybridized carbons (Fsp3) is 0.556. The summed E-state index contributed by atoms with van der Waals surface area (Å²) in [7, 11) is 0. The van der Waals surface area contributed by atoms with Crippen LogP contribution in [0.4, 0.5) is 0 Å². The number of rotatable bonds is 7. The fourth-order valence-electron chi connectivity index (χ4n) is 1.05. The maximum absolute atomic E-state index is 10.6. The van der Waals surface area contributed by atoms with Gasteiger partial charge in [0.2, 0.25) is 0 Å². The quantitative estimate of drug-likeness (QED) is 0.310. The average Bonchev–Trinajstić information content (AvgIpc) is 2.10. The van der Waals surface area contributed by atoms with Crippen molar-refractivity contribution in [2.75, 3.05) is 6.61 Å². The zero-order valence-electron chi connectivity index (χ0n) is 9.89. The van der Waals surface area contributed by atoms with E-state index in [0.29, 0.717) is 0 Å². The molecule has 7 heteroatoms. The number of hydrogen-bond acceptors (Lipinski definition) is 5. The molecule has 0 aromatic rings. The summed E-state index contributed by atoms with van der Waals surface area (Å²) in [6, 6.07) is 0. The summed E-state index contributed by atoms with van der Waals surface area (Å²) in [5.41, 5.74) is 0. The minimum absolute atomic E-state index is 0. The summed E-state index contributed by atoms with van der Waals surface area (Å²) >= 11 is 0. The van der Waals surface area contributed by atoms with Gasteiger partial charge in [-0.3, -0.25) is 0 Å². The van der Waals surface area contributed by atoms with E-state index in [2.05, 4.69) is 6.58 Å². The Balaban J connectivity index is -0.000000845. The molecule has 0 bridgehead atoms. The normalized spacial score (nSPS) is 12.6. The first-order chi connectivity index (χ1) is 6.54. The fourth-order valence-corrected chi connectivity index (χ4v) is 1.05. The summed E-state index contributed by atoms with van der Waals surface area (Å²) in [5.74, 6) is -4.28. The van der Waals surface area contributed by atoms with Crippen LogP contribution >= 0.6 is 0 Å². The van der Waals surface area contributed by atoms with Gasteiger partial charge in [0.05, 0.1) is 5.97 Å². The third-order valence-electron chi connectivity index (χ3n) is 1.67. The van der Waals surface area contributed by atoms with Crippen molar-refractivity contribution in [2.45, 2.75) is 19.4 Å². The minimum atomic E-state index is -1.55. The molecule has 2 atom stereocenters. The van der Waals surface area contributed by atoms with Crippen LogP contribution in [0.15, 0.2) is 12.7 Å². The molecule has 5 nitrogen and oxygen atoms in total. The summed E-state index contributed by atoms with van der Waals surface area (Å²) < 4.78 is 4.75. The first-order valence-electron chi connectivity index (χ1n) is 4.18. The van der Waals surface area contributed by atoms with E-state index in [0.717, 1.165) is 0 Å². The van der Waals surface area contributed by atoms with Crippen molar-refractivity contribution in [3.8, 4) is 0 Å². The number of carboxylic acids is 2. The predicted octanol–water partition coefficient (Wildman–Crippen LogP) is -7.91. The van der Waals surface area contributed by atoms with Crippen LogP contribution in [0.3, 0.4) is 0 Å². The summed E-state index contributed by atoms with van der Waals surface area (Å²) in [6.07, 6.45) is -0.209. The van der Waals surface area contributed by atoms with Gasteiger partial charge >= 0.3 is 37.7 Å². The van der Waals surface area contributed by atoms with E-state index in [1.807, 2.05) is 0 Å². The molecule has 0 aliphatic heterocycles. The summed E-state index contributed by atoms with van der Waals surface area (Å²) in [6.45, 7) is 4.99. The molecule has 0 saturated carbocycles. The van der Waals surface area contributed by atoms with Crippen LogP contribution in [0.5, 0.6) is 0 Å².